The highest BCUT2D eigenvalue weighted by Crippen LogP contribution is 2.28. The molecule has 0 aliphatic rings. The molecule has 0 radical (unpaired) electrons. The summed E-state index contributed by atoms with van der Waals surface area (Å²) in [5.41, 5.74) is -1.85. The quantitative estimate of drug-likeness (QED) is 0.770. The van der Waals surface area contributed by atoms with Crippen molar-refractivity contribution in [2.75, 3.05) is 6.54 Å². The standard InChI is InChI=1S/C14H25N5O4/c1-6-7-14(11(20)21,8-10-16-18-19(5)17-10)9-15-12(22)23-13(2,3)4/h6-9H2,1-5H3,(H,15,22)(H,20,21). The summed E-state index contributed by atoms with van der Waals surface area (Å²) in [5.74, 6) is -0.683. The van der Waals surface area contributed by atoms with E-state index in [1.807, 2.05) is 6.92 Å². The molecule has 1 amide bonds. The van der Waals surface area contributed by atoms with Crippen LogP contribution >= 0.6 is 0 Å². The van der Waals surface area contributed by atoms with E-state index in [4.69, 9.17) is 4.74 Å². The Balaban J connectivity index is 2.86. The molecule has 0 fully saturated rings. The van der Waals surface area contributed by atoms with Crippen molar-refractivity contribution in [3.63, 3.8) is 0 Å². The number of ether oxygens (including phenoxy) is 1. The number of carbonyl (C=O) groups is 2. The van der Waals surface area contributed by atoms with Crippen LogP contribution in [0.1, 0.15) is 46.4 Å². The average Bonchev–Trinajstić information content (AvgIpc) is 2.79. The Kier molecular flexibility index (Phi) is 6.05. The van der Waals surface area contributed by atoms with Gasteiger partial charge in [-0.1, -0.05) is 13.3 Å². The Bertz CT molecular complexity index is 552. The number of hydrogen-bond acceptors (Lipinski definition) is 6. The molecule has 0 aromatic carbocycles. The van der Waals surface area contributed by atoms with Gasteiger partial charge in [-0.25, -0.2) is 4.79 Å². The molecule has 0 aliphatic heterocycles. The molecule has 130 valence electrons. The second-order valence-corrected chi connectivity index (χ2v) is 6.56. The summed E-state index contributed by atoms with van der Waals surface area (Å²) in [6, 6.07) is 0. The molecule has 1 unspecified atom stereocenters. The van der Waals surface area contributed by atoms with Gasteiger partial charge in [0.1, 0.15) is 5.60 Å². The number of nitrogens with one attached hydrogen (secondary N) is 1. The number of aliphatic carboxylic acids is 1. The Morgan fingerprint density at radius 2 is 2.00 bits per heavy atom. The normalized spacial score (nSPS) is 14.1. The largest absolute Gasteiger partial charge is 0.481 e. The van der Waals surface area contributed by atoms with Gasteiger partial charge in [-0.2, -0.15) is 4.80 Å². The van der Waals surface area contributed by atoms with Crippen molar-refractivity contribution >= 4 is 12.1 Å². The Labute approximate surface area is 135 Å². The first kappa shape index (κ1) is 18.9. The molecular weight excluding hydrogens is 302 g/mol. The molecule has 9 nitrogen and oxygen atoms in total. The highest BCUT2D eigenvalue weighted by Gasteiger charge is 2.40. The van der Waals surface area contributed by atoms with Crippen LogP contribution in [0.3, 0.4) is 0 Å². The molecule has 0 bridgehead atoms. The van der Waals surface area contributed by atoms with Crippen molar-refractivity contribution in [3.8, 4) is 0 Å². The second kappa shape index (κ2) is 7.38. The lowest BCUT2D eigenvalue weighted by Crippen LogP contribution is -2.46. The molecule has 0 saturated heterocycles. The van der Waals surface area contributed by atoms with Crippen LogP contribution in [0.25, 0.3) is 0 Å². The van der Waals surface area contributed by atoms with Crippen LogP contribution in [-0.4, -0.2) is 49.5 Å². The maximum atomic E-state index is 11.8. The van der Waals surface area contributed by atoms with E-state index >= 15 is 0 Å². The van der Waals surface area contributed by atoms with Crippen molar-refractivity contribution in [3.05, 3.63) is 5.82 Å². The maximum absolute atomic E-state index is 11.8. The fourth-order valence-electron chi connectivity index (χ4n) is 2.23. The lowest BCUT2D eigenvalue weighted by Gasteiger charge is -2.29. The van der Waals surface area contributed by atoms with Gasteiger partial charge in [0.05, 0.1) is 12.5 Å². The van der Waals surface area contributed by atoms with E-state index in [1.165, 1.54) is 4.80 Å². The van der Waals surface area contributed by atoms with Crippen molar-refractivity contribution in [1.29, 1.82) is 0 Å². The molecule has 1 aromatic rings. The summed E-state index contributed by atoms with van der Waals surface area (Å²) in [5, 5.41) is 23.8. The second-order valence-electron chi connectivity index (χ2n) is 6.56. The predicted octanol–water partition coefficient (Wildman–Crippen LogP) is 1.15. The van der Waals surface area contributed by atoms with Crippen molar-refractivity contribution in [2.24, 2.45) is 12.5 Å². The van der Waals surface area contributed by atoms with Gasteiger partial charge in [-0.05, 0) is 32.4 Å². The molecule has 1 rings (SSSR count). The first-order valence-corrected chi connectivity index (χ1v) is 7.51. The fourth-order valence-corrected chi connectivity index (χ4v) is 2.23. The lowest BCUT2D eigenvalue weighted by molar-refractivity contribution is -0.149. The Morgan fingerprint density at radius 3 is 2.43 bits per heavy atom. The van der Waals surface area contributed by atoms with Crippen LogP contribution in [0.15, 0.2) is 0 Å². The molecule has 1 aromatic heterocycles. The third kappa shape index (κ3) is 5.84. The minimum absolute atomic E-state index is 0.0661. The zero-order chi connectivity index (χ0) is 17.7. The van der Waals surface area contributed by atoms with Gasteiger partial charge in [0.2, 0.25) is 0 Å². The SMILES string of the molecule is CCCC(CNC(=O)OC(C)(C)C)(Cc1nnn(C)n1)C(=O)O. The van der Waals surface area contributed by atoms with E-state index in [2.05, 4.69) is 20.7 Å². The minimum atomic E-state index is -1.20. The third-order valence-corrected chi connectivity index (χ3v) is 3.20. The number of hydrogen-bond donors (Lipinski definition) is 2. The number of nitrogens with zero attached hydrogens (tertiary/aromatic N) is 4. The lowest BCUT2D eigenvalue weighted by atomic mass is 9.79. The molecule has 9 heteroatoms. The Morgan fingerprint density at radius 1 is 1.35 bits per heavy atom. The van der Waals surface area contributed by atoms with Gasteiger partial charge in [0.25, 0.3) is 0 Å². The number of aromatic nitrogens is 4. The van der Waals surface area contributed by atoms with Crippen LogP contribution in [0.2, 0.25) is 0 Å². The fraction of sp³-hybridized carbons (Fsp3) is 0.786. The number of amides is 1. The number of rotatable bonds is 7. The van der Waals surface area contributed by atoms with Crippen LogP contribution in [0, 0.1) is 5.41 Å². The topological polar surface area (TPSA) is 119 Å². The van der Waals surface area contributed by atoms with Gasteiger partial charge in [-0.15, -0.1) is 10.2 Å². The van der Waals surface area contributed by atoms with Crippen molar-refractivity contribution < 1.29 is 19.4 Å². The van der Waals surface area contributed by atoms with E-state index in [1.54, 1.807) is 27.8 Å². The summed E-state index contributed by atoms with van der Waals surface area (Å²) in [6.45, 7) is 7.05. The molecule has 2 N–H and O–H groups in total. The van der Waals surface area contributed by atoms with Gasteiger partial charge in [-0.3, -0.25) is 4.79 Å². The number of carboxylic acids is 1. The van der Waals surface area contributed by atoms with E-state index < -0.39 is 23.1 Å². The van der Waals surface area contributed by atoms with E-state index in [0.29, 0.717) is 18.7 Å². The molecule has 1 atom stereocenters. The van der Waals surface area contributed by atoms with Crippen LogP contribution in [0.4, 0.5) is 4.79 Å². The highest BCUT2D eigenvalue weighted by molar-refractivity contribution is 5.76. The summed E-state index contributed by atoms with van der Waals surface area (Å²) in [4.78, 5) is 24.9. The first-order chi connectivity index (χ1) is 10.6. The number of alkyl carbamates (subject to hydrolysis) is 1. The van der Waals surface area contributed by atoms with Gasteiger partial charge >= 0.3 is 12.1 Å². The van der Waals surface area contributed by atoms with Crippen LogP contribution in [-0.2, 0) is 23.0 Å². The van der Waals surface area contributed by atoms with E-state index in [9.17, 15) is 14.7 Å². The summed E-state index contributed by atoms with van der Waals surface area (Å²) >= 11 is 0. The number of tetrazole rings is 1. The van der Waals surface area contributed by atoms with E-state index in [-0.39, 0.29) is 13.0 Å². The number of carboxylic acid groups (broad SMARTS) is 1. The maximum Gasteiger partial charge on any atom is 0.407 e. The average molecular weight is 327 g/mol. The highest BCUT2D eigenvalue weighted by atomic mass is 16.6. The first-order valence-electron chi connectivity index (χ1n) is 7.51. The van der Waals surface area contributed by atoms with Gasteiger partial charge in [0, 0.05) is 13.0 Å². The zero-order valence-corrected chi connectivity index (χ0v) is 14.3. The molecule has 0 saturated carbocycles. The summed E-state index contributed by atoms with van der Waals surface area (Å²) in [6.07, 6.45) is 0.449. The Hall–Kier alpha value is -2.19. The van der Waals surface area contributed by atoms with Gasteiger partial charge in [0.15, 0.2) is 5.82 Å². The molecular formula is C14H25N5O4. The zero-order valence-electron chi connectivity index (χ0n) is 14.3. The van der Waals surface area contributed by atoms with Crippen molar-refractivity contribution in [2.45, 2.75) is 52.6 Å². The molecule has 0 aliphatic carbocycles. The monoisotopic (exact) mass is 327 g/mol. The molecule has 1 heterocycles. The molecule has 23 heavy (non-hydrogen) atoms. The van der Waals surface area contributed by atoms with Gasteiger partial charge < -0.3 is 15.2 Å². The minimum Gasteiger partial charge on any atom is -0.481 e. The van der Waals surface area contributed by atoms with Crippen LogP contribution in [0.5, 0.6) is 0 Å². The summed E-state index contributed by atoms with van der Waals surface area (Å²) in [7, 11) is 1.61. The summed E-state index contributed by atoms with van der Waals surface area (Å²) < 4.78 is 5.15. The van der Waals surface area contributed by atoms with Crippen LogP contribution < -0.4 is 5.32 Å². The number of carbonyl (C=O) groups excluding carboxylic acids is 1. The smallest absolute Gasteiger partial charge is 0.407 e. The van der Waals surface area contributed by atoms with E-state index in [0.717, 1.165) is 0 Å². The predicted molar refractivity (Wildman–Crippen MR) is 81.7 cm³/mol. The van der Waals surface area contributed by atoms with Crippen molar-refractivity contribution in [1.82, 2.24) is 25.5 Å². The molecule has 0 spiro atoms. The number of aryl methyl sites for hydroxylation is 1. The third-order valence-electron chi connectivity index (χ3n) is 3.20.